The molecule has 0 aliphatic heterocycles. The normalized spacial score (nSPS) is 9.75. The third kappa shape index (κ3) is 2.24. The Balaban J connectivity index is 2.32. The first-order valence-electron chi connectivity index (χ1n) is 4.99. The number of rotatable bonds is 2. The molecule has 78 valence electrons. The molecule has 2 rings (SSSR count). The summed E-state index contributed by atoms with van der Waals surface area (Å²) in [6.07, 6.45) is 0. The van der Waals surface area contributed by atoms with Crippen molar-refractivity contribution in [2.45, 2.75) is 5.88 Å². The van der Waals surface area contributed by atoms with Crippen LogP contribution in [0.3, 0.4) is 0 Å². The molecule has 0 atom stereocenters. The van der Waals surface area contributed by atoms with Gasteiger partial charge in [-0.2, -0.15) is 5.26 Å². The smallest absolute Gasteiger partial charge is 0.0991 e. The van der Waals surface area contributed by atoms with E-state index in [0.717, 1.165) is 16.7 Å². The van der Waals surface area contributed by atoms with E-state index in [1.54, 1.807) is 0 Å². The Morgan fingerprint density at radius 3 is 1.81 bits per heavy atom. The van der Waals surface area contributed by atoms with Crippen molar-refractivity contribution >= 4 is 11.6 Å². The van der Waals surface area contributed by atoms with E-state index in [9.17, 15) is 0 Å². The van der Waals surface area contributed by atoms with E-state index in [1.807, 2.05) is 48.5 Å². The third-order valence-corrected chi connectivity index (χ3v) is 2.76. The van der Waals surface area contributed by atoms with Crippen LogP contribution in [-0.2, 0) is 5.88 Å². The number of nitriles is 1. The number of hydrogen-bond donors (Lipinski definition) is 0. The zero-order valence-electron chi connectivity index (χ0n) is 8.65. The maximum absolute atomic E-state index is 8.70. The molecule has 16 heavy (non-hydrogen) atoms. The average molecular weight is 228 g/mol. The fraction of sp³-hybridized carbons (Fsp3) is 0.0714. The van der Waals surface area contributed by atoms with Crippen molar-refractivity contribution in [1.29, 1.82) is 5.26 Å². The lowest BCUT2D eigenvalue weighted by Crippen LogP contribution is -1.81. The quantitative estimate of drug-likeness (QED) is 0.713. The highest BCUT2D eigenvalue weighted by Gasteiger charge is 1.98. The van der Waals surface area contributed by atoms with E-state index < -0.39 is 0 Å². The molecule has 0 spiro atoms. The Bertz CT molecular complexity index is 506. The molecule has 0 saturated heterocycles. The van der Waals surface area contributed by atoms with Gasteiger partial charge in [-0.1, -0.05) is 36.4 Å². The molecule has 2 heteroatoms. The molecule has 0 saturated carbocycles. The van der Waals surface area contributed by atoms with Crippen molar-refractivity contribution in [2.75, 3.05) is 0 Å². The van der Waals surface area contributed by atoms with Crippen molar-refractivity contribution in [2.24, 2.45) is 0 Å². The molecule has 0 fully saturated rings. The molecule has 0 bridgehead atoms. The van der Waals surface area contributed by atoms with Crippen LogP contribution in [0.5, 0.6) is 0 Å². The minimum atomic E-state index is 0.535. The fourth-order valence-corrected chi connectivity index (χ4v) is 1.70. The minimum Gasteiger partial charge on any atom is -0.192 e. The highest BCUT2D eigenvalue weighted by atomic mass is 35.5. The Hall–Kier alpha value is -1.78. The summed E-state index contributed by atoms with van der Waals surface area (Å²) < 4.78 is 0. The third-order valence-electron chi connectivity index (χ3n) is 2.46. The van der Waals surface area contributed by atoms with Crippen molar-refractivity contribution in [3.05, 3.63) is 59.7 Å². The number of alkyl halides is 1. The van der Waals surface area contributed by atoms with Gasteiger partial charge in [-0.15, -0.1) is 11.6 Å². The second-order valence-corrected chi connectivity index (χ2v) is 3.79. The summed E-state index contributed by atoms with van der Waals surface area (Å²) >= 11 is 5.73. The molecule has 0 unspecified atom stereocenters. The summed E-state index contributed by atoms with van der Waals surface area (Å²) in [7, 11) is 0. The molecule has 0 radical (unpaired) electrons. The van der Waals surface area contributed by atoms with Crippen LogP contribution in [0.25, 0.3) is 11.1 Å². The van der Waals surface area contributed by atoms with Gasteiger partial charge in [0, 0.05) is 5.88 Å². The average Bonchev–Trinajstić information content (AvgIpc) is 2.39. The van der Waals surface area contributed by atoms with Gasteiger partial charge in [-0.05, 0) is 28.8 Å². The first kappa shape index (κ1) is 10.7. The van der Waals surface area contributed by atoms with Gasteiger partial charge in [0.05, 0.1) is 11.6 Å². The molecule has 2 aromatic carbocycles. The molecule has 0 aromatic heterocycles. The molecular formula is C14H10ClN. The largest absolute Gasteiger partial charge is 0.192 e. The van der Waals surface area contributed by atoms with Crippen LogP contribution in [0.4, 0.5) is 0 Å². The van der Waals surface area contributed by atoms with Gasteiger partial charge in [0.15, 0.2) is 0 Å². The van der Waals surface area contributed by atoms with Gasteiger partial charge in [0.25, 0.3) is 0 Å². The zero-order valence-corrected chi connectivity index (χ0v) is 9.41. The second kappa shape index (κ2) is 4.83. The van der Waals surface area contributed by atoms with E-state index in [0.29, 0.717) is 11.4 Å². The molecule has 0 aliphatic carbocycles. The van der Waals surface area contributed by atoms with E-state index in [4.69, 9.17) is 16.9 Å². The Morgan fingerprint density at radius 1 is 0.875 bits per heavy atom. The Morgan fingerprint density at radius 2 is 1.38 bits per heavy atom. The molecule has 0 N–H and O–H groups in total. The van der Waals surface area contributed by atoms with Crippen LogP contribution in [0.2, 0.25) is 0 Å². The topological polar surface area (TPSA) is 23.8 Å². The van der Waals surface area contributed by atoms with Crippen LogP contribution >= 0.6 is 11.6 Å². The molecule has 0 heterocycles. The van der Waals surface area contributed by atoms with Crippen LogP contribution in [0.15, 0.2) is 48.5 Å². The minimum absolute atomic E-state index is 0.535. The maximum Gasteiger partial charge on any atom is 0.0991 e. The van der Waals surface area contributed by atoms with Crippen molar-refractivity contribution in [3.8, 4) is 17.2 Å². The highest BCUT2D eigenvalue weighted by Crippen LogP contribution is 2.20. The summed E-state index contributed by atoms with van der Waals surface area (Å²) in [6, 6.07) is 17.8. The Kier molecular flexibility index (Phi) is 3.24. The lowest BCUT2D eigenvalue weighted by Gasteiger charge is -2.02. The van der Waals surface area contributed by atoms with E-state index >= 15 is 0 Å². The summed E-state index contributed by atoms with van der Waals surface area (Å²) in [6.45, 7) is 0. The summed E-state index contributed by atoms with van der Waals surface area (Å²) in [5, 5.41) is 8.70. The van der Waals surface area contributed by atoms with Crippen LogP contribution in [-0.4, -0.2) is 0 Å². The SMILES string of the molecule is N#Cc1ccc(-c2ccc(CCl)cc2)cc1. The first-order valence-corrected chi connectivity index (χ1v) is 5.52. The Labute approximate surface area is 99.9 Å². The number of halogens is 1. The van der Waals surface area contributed by atoms with Gasteiger partial charge in [0.1, 0.15) is 0 Å². The monoisotopic (exact) mass is 227 g/mol. The van der Waals surface area contributed by atoms with Crippen LogP contribution in [0, 0.1) is 11.3 Å². The van der Waals surface area contributed by atoms with Crippen molar-refractivity contribution in [1.82, 2.24) is 0 Å². The van der Waals surface area contributed by atoms with Crippen LogP contribution in [0.1, 0.15) is 11.1 Å². The molecule has 1 nitrogen and oxygen atoms in total. The molecular weight excluding hydrogens is 218 g/mol. The predicted octanol–water partition coefficient (Wildman–Crippen LogP) is 3.96. The molecule has 2 aromatic rings. The number of benzene rings is 2. The predicted molar refractivity (Wildman–Crippen MR) is 66.2 cm³/mol. The van der Waals surface area contributed by atoms with Crippen molar-refractivity contribution in [3.63, 3.8) is 0 Å². The van der Waals surface area contributed by atoms with E-state index in [1.165, 1.54) is 0 Å². The lowest BCUT2D eigenvalue weighted by molar-refractivity contribution is 1.40. The highest BCUT2D eigenvalue weighted by molar-refractivity contribution is 6.17. The zero-order chi connectivity index (χ0) is 11.4. The standard InChI is InChI=1S/C14H10ClN/c15-9-11-1-5-13(6-2-11)14-7-3-12(10-16)4-8-14/h1-8H,9H2. The van der Waals surface area contributed by atoms with E-state index in [-0.39, 0.29) is 0 Å². The second-order valence-electron chi connectivity index (χ2n) is 3.52. The van der Waals surface area contributed by atoms with Crippen molar-refractivity contribution < 1.29 is 0 Å². The number of nitrogens with zero attached hydrogens (tertiary/aromatic N) is 1. The van der Waals surface area contributed by atoms with E-state index in [2.05, 4.69) is 6.07 Å². The number of hydrogen-bond acceptors (Lipinski definition) is 1. The van der Waals surface area contributed by atoms with Gasteiger partial charge >= 0.3 is 0 Å². The first-order chi connectivity index (χ1) is 7.83. The van der Waals surface area contributed by atoms with Gasteiger partial charge in [-0.3, -0.25) is 0 Å². The lowest BCUT2D eigenvalue weighted by atomic mass is 10.0. The summed E-state index contributed by atoms with van der Waals surface area (Å²) in [4.78, 5) is 0. The van der Waals surface area contributed by atoms with Gasteiger partial charge < -0.3 is 0 Å². The summed E-state index contributed by atoms with van der Waals surface area (Å²) in [5.74, 6) is 0.535. The molecule has 0 amide bonds. The van der Waals surface area contributed by atoms with Gasteiger partial charge in [0.2, 0.25) is 0 Å². The summed E-state index contributed by atoms with van der Waals surface area (Å²) in [5.41, 5.74) is 4.04. The molecule has 0 aliphatic rings. The van der Waals surface area contributed by atoms with Gasteiger partial charge in [-0.25, -0.2) is 0 Å². The van der Waals surface area contributed by atoms with Crippen LogP contribution < -0.4 is 0 Å². The maximum atomic E-state index is 8.70. The fourth-order valence-electron chi connectivity index (χ4n) is 1.52.